The molecule has 10 nitrogen and oxygen atoms in total. The first kappa shape index (κ1) is 24.7. The summed E-state index contributed by atoms with van der Waals surface area (Å²) in [5.41, 5.74) is 0.00933. The van der Waals surface area contributed by atoms with Crippen LogP contribution < -0.4 is 0 Å². The first-order chi connectivity index (χ1) is 14.9. The zero-order valence-electron chi connectivity index (χ0n) is 19.1. The molecule has 2 aliphatic heterocycles. The molecule has 10 heteroatoms. The Morgan fingerprint density at radius 1 is 0.812 bits per heavy atom. The maximum atomic E-state index is 10.5. The molecule has 2 bridgehead atoms. The van der Waals surface area contributed by atoms with Crippen molar-refractivity contribution in [2.75, 3.05) is 6.61 Å². The molecule has 2 saturated carbocycles. The number of hydrogen-bond donors (Lipinski definition) is 6. The molecule has 4 aliphatic rings. The van der Waals surface area contributed by atoms with Crippen LogP contribution in [-0.2, 0) is 18.9 Å². The normalized spacial score (nSPS) is 55.3. The van der Waals surface area contributed by atoms with Crippen molar-refractivity contribution in [3.05, 3.63) is 0 Å². The van der Waals surface area contributed by atoms with E-state index in [1.165, 1.54) is 6.92 Å². The van der Waals surface area contributed by atoms with Crippen LogP contribution >= 0.6 is 0 Å². The van der Waals surface area contributed by atoms with E-state index in [4.69, 9.17) is 18.9 Å². The average molecular weight is 463 g/mol. The molecule has 2 aliphatic carbocycles. The molecule has 2 heterocycles. The predicted octanol–water partition coefficient (Wildman–Crippen LogP) is -1.13. The number of rotatable bonds is 5. The van der Waals surface area contributed by atoms with Crippen molar-refractivity contribution < 1.29 is 49.6 Å². The molecule has 4 fully saturated rings. The second kappa shape index (κ2) is 8.67. The van der Waals surface area contributed by atoms with Crippen molar-refractivity contribution in [3.63, 3.8) is 0 Å². The largest absolute Gasteiger partial charge is 0.388 e. The lowest BCUT2D eigenvalue weighted by molar-refractivity contribution is -0.337. The van der Waals surface area contributed by atoms with Gasteiger partial charge in [-0.2, -0.15) is 0 Å². The van der Waals surface area contributed by atoms with Crippen LogP contribution in [0.2, 0.25) is 0 Å². The molecule has 186 valence electrons. The SMILES string of the molecule is C[C@@H]1O[C@@H](OC[C@H]2O[C@@H](O[C@@H]3C[C@H]4CC[C@]3(C)C4(C)C)[C@H](O)[C@@H](O)[C@@H]2O)[C@H](O)[C@H](O)[C@H]1O. The van der Waals surface area contributed by atoms with Crippen molar-refractivity contribution >= 4 is 0 Å². The highest BCUT2D eigenvalue weighted by Gasteiger charge is 2.63. The van der Waals surface area contributed by atoms with Gasteiger partial charge in [-0.15, -0.1) is 0 Å². The monoisotopic (exact) mass is 462 g/mol. The van der Waals surface area contributed by atoms with Crippen molar-refractivity contribution in [2.24, 2.45) is 16.7 Å². The summed E-state index contributed by atoms with van der Waals surface area (Å²) in [6.45, 7) is 7.91. The quantitative estimate of drug-likeness (QED) is 0.295. The van der Waals surface area contributed by atoms with Crippen LogP contribution in [0.15, 0.2) is 0 Å². The van der Waals surface area contributed by atoms with Gasteiger partial charge >= 0.3 is 0 Å². The van der Waals surface area contributed by atoms with Gasteiger partial charge < -0.3 is 49.6 Å². The van der Waals surface area contributed by atoms with Gasteiger partial charge in [0, 0.05) is 0 Å². The number of fused-ring (bicyclic) bond motifs is 2. The van der Waals surface area contributed by atoms with E-state index in [2.05, 4.69) is 20.8 Å². The first-order valence-corrected chi connectivity index (χ1v) is 11.5. The van der Waals surface area contributed by atoms with Gasteiger partial charge in [0.15, 0.2) is 12.6 Å². The third kappa shape index (κ3) is 3.82. The highest BCUT2D eigenvalue weighted by molar-refractivity contribution is 5.11. The lowest BCUT2D eigenvalue weighted by Gasteiger charge is -2.45. The van der Waals surface area contributed by atoms with E-state index >= 15 is 0 Å². The summed E-state index contributed by atoms with van der Waals surface area (Å²) in [5.74, 6) is 0.515. The smallest absolute Gasteiger partial charge is 0.186 e. The van der Waals surface area contributed by atoms with Crippen LogP contribution in [0, 0.1) is 16.7 Å². The highest BCUT2D eigenvalue weighted by Crippen LogP contribution is 2.66. The third-order valence-corrected chi connectivity index (χ3v) is 8.91. The molecule has 0 radical (unpaired) electrons. The molecular weight excluding hydrogens is 424 g/mol. The van der Waals surface area contributed by atoms with E-state index < -0.39 is 61.4 Å². The summed E-state index contributed by atoms with van der Waals surface area (Å²) in [6, 6.07) is 0. The number of aliphatic hydroxyl groups is 6. The van der Waals surface area contributed by atoms with Gasteiger partial charge in [-0.3, -0.25) is 0 Å². The second-order valence-electron chi connectivity index (χ2n) is 10.8. The summed E-state index contributed by atoms with van der Waals surface area (Å²) in [4.78, 5) is 0. The van der Waals surface area contributed by atoms with E-state index in [-0.39, 0.29) is 23.5 Å². The van der Waals surface area contributed by atoms with Crippen LogP contribution in [0.25, 0.3) is 0 Å². The van der Waals surface area contributed by atoms with Crippen LogP contribution in [0.4, 0.5) is 0 Å². The standard InChI is InChI=1S/C22H38O10/c1-9-13(23)15(25)17(27)19(30-9)29-8-11-14(24)16(26)18(28)20(31-11)32-12-7-10-5-6-22(12,4)21(10,2)3/h9-20,23-28H,5-8H2,1-4H3/t9-,10+,11+,12+,13-,14+,15+,16-,17+,18+,19+,20-,22-/m0/s1. The van der Waals surface area contributed by atoms with Crippen molar-refractivity contribution in [1.29, 1.82) is 0 Å². The van der Waals surface area contributed by atoms with Gasteiger partial charge in [0.25, 0.3) is 0 Å². The fourth-order valence-electron chi connectivity index (χ4n) is 6.01. The Morgan fingerprint density at radius 3 is 2.03 bits per heavy atom. The van der Waals surface area contributed by atoms with Crippen LogP contribution in [0.3, 0.4) is 0 Å². The highest BCUT2D eigenvalue weighted by atomic mass is 16.7. The fourth-order valence-corrected chi connectivity index (χ4v) is 6.01. The Bertz CT molecular complexity index is 675. The Morgan fingerprint density at radius 2 is 1.44 bits per heavy atom. The molecule has 6 N–H and O–H groups in total. The minimum atomic E-state index is -1.51. The van der Waals surface area contributed by atoms with E-state index in [0.717, 1.165) is 19.3 Å². The molecule has 0 unspecified atom stereocenters. The van der Waals surface area contributed by atoms with Gasteiger partial charge in [0.1, 0.15) is 42.7 Å². The molecular formula is C22H38O10. The molecule has 0 spiro atoms. The zero-order chi connectivity index (χ0) is 23.6. The van der Waals surface area contributed by atoms with Gasteiger partial charge in [-0.05, 0) is 42.9 Å². The second-order valence-corrected chi connectivity index (χ2v) is 10.8. The Kier molecular flexibility index (Phi) is 6.70. The number of hydrogen-bond acceptors (Lipinski definition) is 10. The number of ether oxygens (including phenoxy) is 4. The molecule has 4 rings (SSSR count). The number of aliphatic hydroxyl groups excluding tert-OH is 6. The van der Waals surface area contributed by atoms with Gasteiger partial charge in [-0.1, -0.05) is 20.8 Å². The topological polar surface area (TPSA) is 158 Å². The first-order valence-electron chi connectivity index (χ1n) is 11.5. The van der Waals surface area contributed by atoms with Crippen molar-refractivity contribution in [3.8, 4) is 0 Å². The Balaban J connectivity index is 1.40. The van der Waals surface area contributed by atoms with Crippen molar-refractivity contribution in [1.82, 2.24) is 0 Å². The van der Waals surface area contributed by atoms with Crippen molar-refractivity contribution in [2.45, 2.75) is 114 Å². The van der Waals surface area contributed by atoms with E-state index in [9.17, 15) is 30.6 Å². The Labute approximate surface area is 188 Å². The van der Waals surface area contributed by atoms with Gasteiger partial charge in [-0.25, -0.2) is 0 Å². The third-order valence-electron chi connectivity index (χ3n) is 8.91. The Hall–Kier alpha value is -0.400. The maximum Gasteiger partial charge on any atom is 0.186 e. The summed E-state index contributed by atoms with van der Waals surface area (Å²) in [5, 5.41) is 61.2. The summed E-state index contributed by atoms with van der Waals surface area (Å²) in [6.07, 6.45) is -10.0. The lowest BCUT2D eigenvalue weighted by atomic mass is 9.70. The van der Waals surface area contributed by atoms with Crippen LogP contribution in [-0.4, -0.2) is 105 Å². The summed E-state index contributed by atoms with van der Waals surface area (Å²) in [7, 11) is 0. The summed E-state index contributed by atoms with van der Waals surface area (Å²) < 4.78 is 22.9. The lowest BCUT2D eigenvalue weighted by Crippen LogP contribution is -2.61. The molecule has 13 atom stereocenters. The minimum Gasteiger partial charge on any atom is -0.388 e. The fraction of sp³-hybridized carbons (Fsp3) is 1.00. The van der Waals surface area contributed by atoms with Crippen LogP contribution in [0.1, 0.15) is 47.0 Å². The van der Waals surface area contributed by atoms with Gasteiger partial charge in [0.2, 0.25) is 0 Å². The zero-order valence-corrected chi connectivity index (χ0v) is 19.1. The minimum absolute atomic E-state index is 0.0824. The molecule has 0 aromatic carbocycles. The molecule has 32 heavy (non-hydrogen) atoms. The molecule has 0 aromatic rings. The molecule has 0 aromatic heterocycles. The molecule has 0 amide bonds. The summed E-state index contributed by atoms with van der Waals surface area (Å²) >= 11 is 0. The van der Waals surface area contributed by atoms with Gasteiger partial charge in [0.05, 0.1) is 18.8 Å². The molecule has 2 saturated heterocycles. The van der Waals surface area contributed by atoms with E-state index in [1.807, 2.05) is 0 Å². The predicted molar refractivity (Wildman–Crippen MR) is 109 cm³/mol. The van der Waals surface area contributed by atoms with Crippen LogP contribution in [0.5, 0.6) is 0 Å². The maximum absolute atomic E-state index is 10.5. The van der Waals surface area contributed by atoms with E-state index in [1.54, 1.807) is 0 Å². The average Bonchev–Trinajstić information content (AvgIpc) is 3.08. The van der Waals surface area contributed by atoms with E-state index in [0.29, 0.717) is 5.92 Å².